The minimum Gasteiger partial charge on any atom is -0.480 e. The van der Waals surface area contributed by atoms with Gasteiger partial charge in [0, 0.05) is 70.4 Å². The molecule has 1 aliphatic heterocycles. The summed E-state index contributed by atoms with van der Waals surface area (Å²) in [6.45, 7) is 2.70. The van der Waals surface area contributed by atoms with Crippen LogP contribution < -0.4 is 5.32 Å². The van der Waals surface area contributed by atoms with Crippen LogP contribution in [0.25, 0.3) is 10.4 Å². The van der Waals surface area contributed by atoms with Crippen molar-refractivity contribution >= 4 is 61.0 Å². The topological polar surface area (TPSA) is 203 Å². The molecule has 0 aromatic rings. The fourth-order valence-corrected chi connectivity index (χ4v) is 3.47. The number of hydrogen-bond donors (Lipinski definition) is 4. The van der Waals surface area contributed by atoms with Gasteiger partial charge in [-0.25, -0.2) is 0 Å². The molecule has 0 bridgehead atoms. The first-order valence-corrected chi connectivity index (χ1v) is 11.0. The molecule has 1 heterocycles. The van der Waals surface area contributed by atoms with Crippen LogP contribution in [-0.2, 0) is 19.2 Å². The Kier molecular flexibility index (Phi) is 24.6. The Morgan fingerprint density at radius 3 is 1.30 bits per heavy atom. The lowest BCUT2D eigenvalue weighted by Crippen LogP contribution is -2.49. The normalized spacial score (nSPS) is 16.2. The van der Waals surface area contributed by atoms with E-state index in [0.29, 0.717) is 65.3 Å². The summed E-state index contributed by atoms with van der Waals surface area (Å²) >= 11 is 0. The van der Waals surface area contributed by atoms with Gasteiger partial charge < -0.3 is 20.6 Å². The smallest absolute Gasteiger partial charge is 0.317 e. The number of halogens is 3. The molecule has 0 spiro atoms. The number of rotatable bonds is 12. The molecule has 0 saturated carbocycles. The maximum Gasteiger partial charge on any atom is 0.317 e. The van der Waals surface area contributed by atoms with Crippen molar-refractivity contribution in [2.75, 3.05) is 91.6 Å². The van der Waals surface area contributed by atoms with Gasteiger partial charge in [-0.15, -0.1) is 37.2 Å². The molecule has 1 saturated heterocycles. The fraction of sp³-hybridized carbons (Fsp3) is 0.789. The quantitative estimate of drug-likeness (QED) is 0.0984. The minimum atomic E-state index is -1.02. The number of carboxylic acids is 3. The number of carbonyl (C=O) groups is 4. The van der Waals surface area contributed by atoms with Crippen molar-refractivity contribution in [1.29, 1.82) is 0 Å². The Morgan fingerprint density at radius 2 is 1.00 bits per heavy atom. The minimum absolute atomic E-state index is 0. The number of nitrogens with one attached hydrogen (secondary N) is 1. The third-order valence-corrected chi connectivity index (χ3v) is 5.19. The van der Waals surface area contributed by atoms with E-state index in [1.165, 1.54) is 0 Å². The molecule has 1 rings (SSSR count). The first-order chi connectivity index (χ1) is 16.2. The molecule has 216 valence electrons. The number of hydrogen-bond acceptors (Lipinski definition) is 9. The highest BCUT2D eigenvalue weighted by Crippen LogP contribution is 2.01. The van der Waals surface area contributed by atoms with Crippen LogP contribution in [-0.4, -0.2) is 150 Å². The van der Waals surface area contributed by atoms with Crippen molar-refractivity contribution < 1.29 is 34.5 Å². The molecule has 0 unspecified atom stereocenters. The average Bonchev–Trinajstić information content (AvgIpc) is 2.74. The van der Waals surface area contributed by atoms with E-state index in [9.17, 15) is 34.5 Å². The van der Waals surface area contributed by atoms with Gasteiger partial charge in [-0.3, -0.25) is 38.8 Å². The van der Waals surface area contributed by atoms with E-state index in [2.05, 4.69) is 15.3 Å². The Balaban J connectivity index is -0.00000385. The zero-order valence-electron chi connectivity index (χ0n) is 20.4. The van der Waals surface area contributed by atoms with E-state index in [4.69, 9.17) is 5.53 Å². The predicted octanol–water partition coefficient (Wildman–Crippen LogP) is -0.456. The summed E-state index contributed by atoms with van der Waals surface area (Å²) in [5.74, 6) is -3.27. The van der Waals surface area contributed by atoms with Crippen molar-refractivity contribution in [3.05, 3.63) is 10.4 Å². The molecule has 1 fully saturated rings. The molecule has 18 heteroatoms. The van der Waals surface area contributed by atoms with Gasteiger partial charge in [0.05, 0.1) is 26.2 Å². The Hall–Kier alpha value is -2.10. The maximum absolute atomic E-state index is 12.3. The van der Waals surface area contributed by atoms with Crippen molar-refractivity contribution in [3.8, 4) is 0 Å². The Bertz CT molecular complexity index is 714. The highest BCUT2D eigenvalue weighted by Gasteiger charge is 2.20. The SMILES string of the molecule is Cl.Cl.Cl.[N-]=[N+]=NCCCNC(=O)CN1CCN(CC(=O)O)CCN(CC(=O)O)CCN(CC(=O)O)CC1. The van der Waals surface area contributed by atoms with Crippen LogP contribution in [0.4, 0.5) is 0 Å². The summed E-state index contributed by atoms with van der Waals surface area (Å²) in [5.41, 5.74) is 8.28. The van der Waals surface area contributed by atoms with Crippen molar-refractivity contribution in [1.82, 2.24) is 24.9 Å². The number of nitrogens with zero attached hydrogens (tertiary/aromatic N) is 7. The zero-order valence-corrected chi connectivity index (χ0v) is 22.9. The van der Waals surface area contributed by atoms with Gasteiger partial charge >= 0.3 is 17.9 Å². The van der Waals surface area contributed by atoms with E-state index in [1.807, 2.05) is 4.90 Å². The average molecular weight is 596 g/mol. The summed E-state index contributed by atoms with van der Waals surface area (Å²) < 4.78 is 0. The highest BCUT2D eigenvalue weighted by atomic mass is 35.5. The Labute approximate surface area is 234 Å². The number of carbonyl (C=O) groups excluding carboxylic acids is 1. The predicted molar refractivity (Wildman–Crippen MR) is 142 cm³/mol. The molecule has 1 aliphatic rings. The summed E-state index contributed by atoms with van der Waals surface area (Å²) in [5, 5.41) is 33.8. The van der Waals surface area contributed by atoms with Crippen LogP contribution in [0.1, 0.15) is 6.42 Å². The van der Waals surface area contributed by atoms with Crippen LogP contribution in [0.2, 0.25) is 0 Å². The second-order valence-electron chi connectivity index (χ2n) is 7.94. The standard InChI is InChI=1S/C19H34N8O7.3ClH/c20-23-22-3-1-2-21-16(28)12-24-4-6-25(13-17(29)30)8-10-27(15-19(33)34)11-9-26(7-5-24)14-18(31)32;;;/h1-15H2,(H,21,28)(H,29,30)(H,31,32)(H,33,34);3*1H. The molecule has 4 N–H and O–H groups in total. The summed E-state index contributed by atoms with van der Waals surface area (Å²) in [6.07, 6.45) is 0.501. The highest BCUT2D eigenvalue weighted by molar-refractivity contribution is 5.86. The number of azide groups is 1. The number of carboxylic acid groups (broad SMARTS) is 3. The third-order valence-electron chi connectivity index (χ3n) is 5.19. The lowest BCUT2D eigenvalue weighted by Gasteiger charge is -2.32. The largest absolute Gasteiger partial charge is 0.480 e. The molecule has 0 aromatic heterocycles. The van der Waals surface area contributed by atoms with Gasteiger partial charge in [-0.05, 0) is 12.0 Å². The molecule has 37 heavy (non-hydrogen) atoms. The van der Waals surface area contributed by atoms with E-state index in [-0.39, 0.29) is 75.9 Å². The van der Waals surface area contributed by atoms with Gasteiger partial charge in [0.1, 0.15) is 0 Å². The fourth-order valence-electron chi connectivity index (χ4n) is 3.47. The summed E-state index contributed by atoms with van der Waals surface area (Å²) in [7, 11) is 0. The van der Waals surface area contributed by atoms with Crippen LogP contribution >= 0.6 is 37.2 Å². The Morgan fingerprint density at radius 1 is 0.676 bits per heavy atom. The molecule has 1 amide bonds. The van der Waals surface area contributed by atoms with Crippen LogP contribution in [0, 0.1) is 0 Å². The lowest BCUT2D eigenvalue weighted by atomic mass is 10.3. The van der Waals surface area contributed by atoms with Crippen molar-refractivity contribution in [2.24, 2.45) is 5.11 Å². The third kappa shape index (κ3) is 20.6. The van der Waals surface area contributed by atoms with Crippen molar-refractivity contribution in [2.45, 2.75) is 6.42 Å². The number of amides is 1. The molecular weight excluding hydrogens is 559 g/mol. The molecular formula is C19H37Cl3N8O7. The number of aliphatic carboxylic acids is 3. The summed E-state index contributed by atoms with van der Waals surface area (Å²) in [6, 6.07) is 0. The van der Waals surface area contributed by atoms with Gasteiger partial charge in [0.15, 0.2) is 0 Å². The molecule has 0 atom stereocenters. The first-order valence-electron chi connectivity index (χ1n) is 11.0. The van der Waals surface area contributed by atoms with Crippen molar-refractivity contribution in [3.63, 3.8) is 0 Å². The van der Waals surface area contributed by atoms with E-state index in [0.717, 1.165) is 0 Å². The summed E-state index contributed by atoms with van der Waals surface area (Å²) in [4.78, 5) is 55.7. The van der Waals surface area contributed by atoms with E-state index in [1.54, 1.807) is 14.7 Å². The second-order valence-corrected chi connectivity index (χ2v) is 7.94. The van der Waals surface area contributed by atoms with Crippen LogP contribution in [0.3, 0.4) is 0 Å². The van der Waals surface area contributed by atoms with Gasteiger partial charge in [0.25, 0.3) is 0 Å². The molecule has 0 aromatic carbocycles. The van der Waals surface area contributed by atoms with Crippen LogP contribution in [0.15, 0.2) is 5.11 Å². The second kappa shape index (κ2) is 23.0. The molecule has 15 nitrogen and oxygen atoms in total. The van der Waals surface area contributed by atoms with Crippen LogP contribution in [0.5, 0.6) is 0 Å². The maximum atomic E-state index is 12.3. The zero-order chi connectivity index (χ0) is 25.3. The van der Waals surface area contributed by atoms with Gasteiger partial charge in [-0.1, -0.05) is 5.11 Å². The molecule has 0 aliphatic carbocycles. The van der Waals surface area contributed by atoms with E-state index >= 15 is 0 Å². The lowest BCUT2D eigenvalue weighted by molar-refractivity contribution is -0.140. The first kappa shape index (κ1) is 39.4. The molecule has 0 radical (unpaired) electrons. The van der Waals surface area contributed by atoms with Gasteiger partial charge in [0.2, 0.25) is 5.91 Å². The van der Waals surface area contributed by atoms with Gasteiger partial charge in [-0.2, -0.15) is 0 Å². The monoisotopic (exact) mass is 594 g/mol. The van der Waals surface area contributed by atoms with E-state index < -0.39 is 17.9 Å².